The Morgan fingerprint density at radius 3 is 1.92 bits per heavy atom. The second-order valence-electron chi connectivity index (χ2n) is 5.89. The first-order chi connectivity index (χ1) is 11.7. The number of carbonyl (C=O) groups is 2. The van der Waals surface area contributed by atoms with E-state index in [4.69, 9.17) is 24.1 Å². The van der Waals surface area contributed by atoms with Gasteiger partial charge in [0.1, 0.15) is 0 Å². The van der Waals surface area contributed by atoms with E-state index in [-0.39, 0.29) is 49.0 Å². The van der Waals surface area contributed by atoms with Crippen molar-refractivity contribution in [3.8, 4) is 0 Å². The summed E-state index contributed by atoms with van der Waals surface area (Å²) >= 11 is 0. The summed E-state index contributed by atoms with van der Waals surface area (Å²) in [6.45, 7) is 2.54. The number of rotatable bonds is 11. The average molecular weight is 341 g/mol. The van der Waals surface area contributed by atoms with Crippen LogP contribution in [0.15, 0.2) is 12.2 Å². The van der Waals surface area contributed by atoms with E-state index in [1.54, 1.807) is 0 Å². The fourth-order valence-corrected chi connectivity index (χ4v) is 3.35. The van der Waals surface area contributed by atoms with E-state index in [0.29, 0.717) is 39.6 Å². The number of carbonyl (C=O) groups excluding carboxylic acids is 2. The molecule has 2 amide bonds. The maximum atomic E-state index is 12.4. The molecule has 3 aliphatic heterocycles. The van der Waals surface area contributed by atoms with Gasteiger partial charge in [-0.15, -0.1) is 0 Å². The average Bonchev–Trinajstić information content (AvgIpc) is 3.25. The Morgan fingerprint density at radius 2 is 1.38 bits per heavy atom. The van der Waals surface area contributed by atoms with E-state index in [1.807, 2.05) is 12.2 Å². The van der Waals surface area contributed by atoms with Gasteiger partial charge >= 0.3 is 0 Å². The molecule has 134 valence electrons. The van der Waals surface area contributed by atoms with Gasteiger partial charge in [0.2, 0.25) is 11.8 Å². The van der Waals surface area contributed by atoms with Crippen molar-refractivity contribution < 1.29 is 33.6 Å². The van der Waals surface area contributed by atoms with Gasteiger partial charge in [0.15, 0.2) is 0 Å². The van der Waals surface area contributed by atoms with E-state index in [1.165, 1.54) is 4.90 Å². The minimum atomic E-state index is -0.352. The lowest BCUT2D eigenvalue weighted by atomic mass is 9.85. The molecule has 1 N–H and O–H groups in total. The molecule has 3 aliphatic rings. The third-order valence-electron chi connectivity index (χ3n) is 4.44. The monoisotopic (exact) mass is 341 g/mol. The third-order valence-corrected chi connectivity index (χ3v) is 4.44. The minimum absolute atomic E-state index is 0.00243. The molecule has 3 heterocycles. The molecule has 4 atom stereocenters. The number of hydrogen-bond donors (Lipinski definition) is 1. The molecule has 0 spiro atoms. The normalized spacial score (nSPS) is 30.6. The summed E-state index contributed by atoms with van der Waals surface area (Å²) in [5.41, 5.74) is 0. The van der Waals surface area contributed by atoms with Gasteiger partial charge in [-0.1, -0.05) is 12.2 Å². The van der Waals surface area contributed by atoms with Crippen molar-refractivity contribution in [2.24, 2.45) is 11.8 Å². The molecule has 2 saturated heterocycles. The quantitative estimate of drug-likeness (QED) is 0.292. The lowest BCUT2D eigenvalue weighted by Crippen LogP contribution is -2.37. The number of ether oxygens (including phenoxy) is 4. The minimum Gasteiger partial charge on any atom is -0.394 e. The van der Waals surface area contributed by atoms with Crippen LogP contribution < -0.4 is 0 Å². The highest BCUT2D eigenvalue weighted by Crippen LogP contribution is 2.44. The van der Waals surface area contributed by atoms with Gasteiger partial charge in [0, 0.05) is 0 Å². The summed E-state index contributed by atoms with van der Waals surface area (Å²) < 4.78 is 21.3. The molecule has 3 rings (SSSR count). The summed E-state index contributed by atoms with van der Waals surface area (Å²) in [6.07, 6.45) is 3.25. The molecule has 0 aromatic heterocycles. The van der Waals surface area contributed by atoms with Gasteiger partial charge in [-0.05, 0) is 0 Å². The zero-order chi connectivity index (χ0) is 16.9. The van der Waals surface area contributed by atoms with E-state index in [2.05, 4.69) is 0 Å². The van der Waals surface area contributed by atoms with Gasteiger partial charge in [-0.25, -0.2) is 0 Å². The van der Waals surface area contributed by atoms with Crippen LogP contribution in [0.3, 0.4) is 0 Å². The Bertz CT molecular complexity index is 465. The lowest BCUT2D eigenvalue weighted by molar-refractivity contribution is -0.143. The number of aliphatic hydroxyl groups is 1. The number of amides is 2. The van der Waals surface area contributed by atoms with Crippen LogP contribution >= 0.6 is 0 Å². The Morgan fingerprint density at radius 1 is 0.875 bits per heavy atom. The van der Waals surface area contributed by atoms with E-state index < -0.39 is 0 Å². The van der Waals surface area contributed by atoms with Crippen molar-refractivity contribution in [2.75, 3.05) is 52.8 Å². The maximum Gasteiger partial charge on any atom is 0.236 e. The van der Waals surface area contributed by atoms with Gasteiger partial charge in [-0.2, -0.15) is 0 Å². The first-order valence-electron chi connectivity index (χ1n) is 8.27. The lowest BCUT2D eigenvalue weighted by Gasteiger charge is -2.17. The Balaban J connectivity index is 1.28. The van der Waals surface area contributed by atoms with Gasteiger partial charge in [0.05, 0.1) is 76.8 Å². The van der Waals surface area contributed by atoms with Crippen LogP contribution in [0.2, 0.25) is 0 Å². The molecule has 0 aromatic carbocycles. The Labute approximate surface area is 140 Å². The molecule has 2 bridgehead atoms. The van der Waals surface area contributed by atoms with E-state index in [9.17, 15) is 9.59 Å². The molecule has 4 unspecified atom stereocenters. The van der Waals surface area contributed by atoms with Crippen LogP contribution in [0.1, 0.15) is 0 Å². The number of aliphatic hydroxyl groups excluding tert-OH is 1. The molecule has 0 aromatic rings. The largest absolute Gasteiger partial charge is 0.394 e. The molecular formula is C16H23NO7. The fourth-order valence-electron chi connectivity index (χ4n) is 3.35. The van der Waals surface area contributed by atoms with Crippen LogP contribution in [0.4, 0.5) is 0 Å². The van der Waals surface area contributed by atoms with Crippen molar-refractivity contribution in [3.05, 3.63) is 12.2 Å². The maximum absolute atomic E-state index is 12.4. The van der Waals surface area contributed by atoms with Crippen molar-refractivity contribution in [3.63, 3.8) is 0 Å². The summed E-state index contributed by atoms with van der Waals surface area (Å²) in [5, 5.41) is 8.53. The predicted octanol–water partition coefficient (Wildman–Crippen LogP) is -1.03. The number of likely N-dealkylation sites (tertiary alicyclic amines) is 1. The van der Waals surface area contributed by atoms with Crippen molar-refractivity contribution >= 4 is 11.8 Å². The van der Waals surface area contributed by atoms with Crippen molar-refractivity contribution in [1.29, 1.82) is 0 Å². The highest BCUT2D eigenvalue weighted by Gasteiger charge is 2.60. The first-order valence-corrected chi connectivity index (χ1v) is 8.27. The smallest absolute Gasteiger partial charge is 0.236 e. The predicted molar refractivity (Wildman–Crippen MR) is 81.0 cm³/mol. The third kappa shape index (κ3) is 3.52. The van der Waals surface area contributed by atoms with Gasteiger partial charge in [0.25, 0.3) is 0 Å². The standard InChI is InChI=1S/C16H23NO7/c18-4-6-22-8-10-23-9-7-21-5-3-17-15(19)13-11-1-2-12(24-11)14(13)16(17)20/h1-2,11-14,18H,3-10H2. The molecule has 24 heavy (non-hydrogen) atoms. The zero-order valence-electron chi connectivity index (χ0n) is 13.5. The second kappa shape index (κ2) is 8.17. The van der Waals surface area contributed by atoms with Crippen LogP contribution in [0.5, 0.6) is 0 Å². The summed E-state index contributed by atoms with van der Waals surface area (Å²) in [7, 11) is 0. The van der Waals surface area contributed by atoms with Gasteiger partial charge in [-0.3, -0.25) is 14.5 Å². The first kappa shape index (κ1) is 17.5. The summed E-state index contributed by atoms with van der Waals surface area (Å²) in [4.78, 5) is 26.0. The highest BCUT2D eigenvalue weighted by molar-refractivity contribution is 6.06. The number of hydrogen-bond acceptors (Lipinski definition) is 7. The molecule has 0 aliphatic carbocycles. The van der Waals surface area contributed by atoms with Crippen molar-refractivity contribution in [2.45, 2.75) is 12.2 Å². The van der Waals surface area contributed by atoms with Crippen LogP contribution in [0, 0.1) is 11.8 Å². The van der Waals surface area contributed by atoms with Crippen LogP contribution in [-0.4, -0.2) is 86.8 Å². The molecule has 8 nitrogen and oxygen atoms in total. The molecule has 8 heteroatoms. The Kier molecular flexibility index (Phi) is 5.96. The van der Waals surface area contributed by atoms with Crippen LogP contribution in [0.25, 0.3) is 0 Å². The summed E-state index contributed by atoms with van der Waals surface area (Å²) in [5.74, 6) is -1.00. The van der Waals surface area contributed by atoms with E-state index in [0.717, 1.165) is 0 Å². The molecule has 0 saturated carbocycles. The highest BCUT2D eigenvalue weighted by atomic mass is 16.5. The van der Waals surface area contributed by atoms with Crippen LogP contribution in [-0.2, 0) is 28.5 Å². The summed E-state index contributed by atoms with van der Waals surface area (Å²) in [6, 6.07) is 0. The topological polar surface area (TPSA) is 94.5 Å². The molecule has 0 radical (unpaired) electrons. The second-order valence-corrected chi connectivity index (χ2v) is 5.89. The molecular weight excluding hydrogens is 318 g/mol. The van der Waals surface area contributed by atoms with Gasteiger partial charge < -0.3 is 24.1 Å². The fraction of sp³-hybridized carbons (Fsp3) is 0.750. The number of imide groups is 1. The number of fused-ring (bicyclic) bond motifs is 5. The van der Waals surface area contributed by atoms with Crippen molar-refractivity contribution in [1.82, 2.24) is 4.90 Å². The van der Waals surface area contributed by atoms with E-state index >= 15 is 0 Å². The Hall–Kier alpha value is -1.32. The SMILES string of the molecule is O=C1C2C3C=CC(O3)C2C(=O)N1CCOCCOCCOCCO. The molecule has 2 fully saturated rings. The number of nitrogens with zero attached hydrogens (tertiary/aromatic N) is 1. The zero-order valence-corrected chi connectivity index (χ0v) is 13.5.